The molecule has 206 valence electrons. The summed E-state index contributed by atoms with van der Waals surface area (Å²) in [6.07, 6.45) is -4.26. The van der Waals surface area contributed by atoms with Crippen molar-refractivity contribution in [3.05, 3.63) is 81.1 Å². The molecule has 0 fully saturated rings. The van der Waals surface area contributed by atoms with Crippen LogP contribution in [-0.2, 0) is 15.3 Å². The molecule has 1 N–H and O–H groups in total. The van der Waals surface area contributed by atoms with Gasteiger partial charge < -0.3 is 15.0 Å². The van der Waals surface area contributed by atoms with Gasteiger partial charge in [-0.15, -0.1) is 0 Å². The highest BCUT2D eigenvalue weighted by atomic mass is 35.5. The molecule has 0 bridgehead atoms. The lowest BCUT2D eigenvalue weighted by Crippen LogP contribution is -2.42. The molecule has 1 unspecified atom stereocenters. The zero-order chi connectivity index (χ0) is 28.6. The van der Waals surface area contributed by atoms with Crippen molar-refractivity contribution in [3.8, 4) is 0 Å². The molecule has 1 heterocycles. The summed E-state index contributed by atoms with van der Waals surface area (Å²) in [6, 6.07) is 11.4. The summed E-state index contributed by atoms with van der Waals surface area (Å²) in [7, 11) is 0. The molecule has 4 rings (SSSR count). The Morgan fingerprint density at radius 1 is 1.13 bits per heavy atom. The predicted octanol–water partition coefficient (Wildman–Crippen LogP) is 7.40. The predicted molar refractivity (Wildman–Crippen MR) is 142 cm³/mol. The number of rotatable bonds is 6. The normalized spacial score (nSPS) is 17.8. The second-order valence-electron chi connectivity index (χ2n) is 9.79. The number of oxime groups is 2. The number of alkyl halides is 3. The van der Waals surface area contributed by atoms with E-state index in [1.165, 1.54) is 18.3 Å². The monoisotopic (exact) mass is 583 g/mol. The van der Waals surface area contributed by atoms with Gasteiger partial charge in [-0.25, -0.2) is 4.39 Å². The molecule has 39 heavy (non-hydrogen) atoms. The molecule has 0 saturated carbocycles. The highest BCUT2D eigenvalue weighted by molar-refractivity contribution is 6.35. The molecule has 0 spiro atoms. The van der Waals surface area contributed by atoms with Gasteiger partial charge in [-0.3, -0.25) is 4.79 Å². The van der Waals surface area contributed by atoms with Gasteiger partial charge in [0.25, 0.3) is 11.5 Å². The minimum absolute atomic E-state index is 0.0153. The molecule has 6 nitrogen and oxygen atoms in total. The lowest BCUT2D eigenvalue weighted by molar-refractivity contribution is -0.275. The van der Waals surface area contributed by atoms with Crippen molar-refractivity contribution >= 4 is 51.8 Å². The maximum absolute atomic E-state index is 14.4. The molecule has 12 heteroatoms. The van der Waals surface area contributed by atoms with Crippen molar-refractivity contribution in [3.63, 3.8) is 0 Å². The van der Waals surface area contributed by atoms with Gasteiger partial charge in [-0.2, -0.15) is 13.2 Å². The summed E-state index contributed by atoms with van der Waals surface area (Å²) < 4.78 is 57.2. The minimum Gasteiger partial charge on any atom is -0.390 e. The highest BCUT2D eigenvalue weighted by Gasteiger charge is 2.62. The third-order valence-electron chi connectivity index (χ3n) is 5.87. The Hall–Kier alpha value is -3.37. The largest absolute Gasteiger partial charge is 0.435 e. The van der Waals surface area contributed by atoms with Crippen molar-refractivity contribution in [2.24, 2.45) is 10.3 Å². The first kappa shape index (κ1) is 28.6. The van der Waals surface area contributed by atoms with Crippen LogP contribution >= 0.6 is 23.2 Å². The number of nitrogens with zero attached hydrogens (tertiary/aromatic N) is 2. The molecule has 3 aromatic rings. The number of carbonyl (C=O) groups excluding carboxylic acids is 1. The second kappa shape index (κ2) is 10.7. The van der Waals surface area contributed by atoms with Crippen LogP contribution in [0.1, 0.15) is 48.7 Å². The second-order valence-corrected chi connectivity index (χ2v) is 10.6. The van der Waals surface area contributed by atoms with Crippen LogP contribution in [-0.4, -0.2) is 36.2 Å². The van der Waals surface area contributed by atoms with E-state index >= 15 is 0 Å². The van der Waals surface area contributed by atoms with Crippen LogP contribution in [0, 0.1) is 5.82 Å². The molecule has 3 aromatic carbocycles. The van der Waals surface area contributed by atoms with Crippen molar-refractivity contribution in [1.29, 1.82) is 0 Å². The topological polar surface area (TPSA) is 72.3 Å². The zero-order valence-corrected chi connectivity index (χ0v) is 22.5. The molecule has 1 aliphatic rings. The van der Waals surface area contributed by atoms with Gasteiger partial charge >= 0.3 is 6.18 Å². The third-order valence-corrected chi connectivity index (χ3v) is 6.42. The molecular weight excluding hydrogens is 561 g/mol. The van der Waals surface area contributed by atoms with Gasteiger partial charge in [0.15, 0.2) is 5.82 Å². The molecule has 1 aliphatic heterocycles. The lowest BCUT2D eigenvalue weighted by Gasteiger charge is -2.29. The molecule has 0 radical (unpaired) electrons. The maximum atomic E-state index is 14.4. The van der Waals surface area contributed by atoms with E-state index in [1.807, 2.05) is 20.8 Å². The fourth-order valence-corrected chi connectivity index (χ4v) is 4.54. The van der Waals surface area contributed by atoms with Crippen molar-refractivity contribution in [1.82, 2.24) is 5.32 Å². The first-order chi connectivity index (χ1) is 18.2. The number of hydrogen-bond acceptors (Lipinski definition) is 5. The molecule has 0 saturated heterocycles. The Balaban J connectivity index is 1.65. The fourth-order valence-electron chi connectivity index (χ4n) is 4.05. The summed E-state index contributed by atoms with van der Waals surface area (Å²) in [5.41, 5.74) is -3.26. The van der Waals surface area contributed by atoms with Crippen molar-refractivity contribution < 1.29 is 32.0 Å². The average Bonchev–Trinajstić information content (AvgIpc) is 3.32. The number of nitrogens with one attached hydrogen (secondary N) is 1. The van der Waals surface area contributed by atoms with Gasteiger partial charge in [0.1, 0.15) is 5.60 Å². The highest BCUT2D eigenvalue weighted by Crippen LogP contribution is 2.50. The maximum Gasteiger partial charge on any atom is 0.435 e. The van der Waals surface area contributed by atoms with Crippen molar-refractivity contribution in [2.75, 3.05) is 6.54 Å². The summed E-state index contributed by atoms with van der Waals surface area (Å²) >= 11 is 11.6. The fraction of sp³-hybridized carbons (Fsp3) is 0.296. The van der Waals surface area contributed by atoms with Gasteiger partial charge in [0, 0.05) is 23.1 Å². The third kappa shape index (κ3) is 5.81. The van der Waals surface area contributed by atoms with E-state index in [9.17, 15) is 22.4 Å². The summed E-state index contributed by atoms with van der Waals surface area (Å²) in [4.78, 5) is 23.2. The molecule has 0 aliphatic carbocycles. The van der Waals surface area contributed by atoms with Crippen LogP contribution in [0.4, 0.5) is 17.6 Å². The molecule has 1 amide bonds. The van der Waals surface area contributed by atoms with Gasteiger partial charge in [-0.05, 0) is 49.7 Å². The Labute approximate surface area is 231 Å². The Kier molecular flexibility index (Phi) is 7.82. The van der Waals surface area contributed by atoms with E-state index in [1.54, 1.807) is 24.3 Å². The number of hydrogen-bond donors (Lipinski definition) is 1. The van der Waals surface area contributed by atoms with Crippen LogP contribution in [0.25, 0.3) is 10.8 Å². The van der Waals surface area contributed by atoms with Gasteiger partial charge in [0.2, 0.25) is 0 Å². The van der Waals surface area contributed by atoms with Crippen LogP contribution in [0.15, 0.2) is 58.8 Å². The smallest absolute Gasteiger partial charge is 0.390 e. The van der Waals surface area contributed by atoms with Crippen molar-refractivity contribution in [2.45, 2.75) is 44.6 Å². The van der Waals surface area contributed by atoms with Crippen LogP contribution in [0.3, 0.4) is 0 Å². The summed E-state index contributed by atoms with van der Waals surface area (Å²) in [6.45, 7) is 5.60. The lowest BCUT2D eigenvalue weighted by atomic mass is 9.85. The number of amides is 1. The van der Waals surface area contributed by atoms with E-state index < -0.39 is 51.1 Å². The molecular formula is C27H23Cl2F4N3O3. The number of halogens is 6. The van der Waals surface area contributed by atoms with Gasteiger partial charge in [-0.1, -0.05) is 63.8 Å². The van der Waals surface area contributed by atoms with E-state index in [-0.39, 0.29) is 12.3 Å². The summed E-state index contributed by atoms with van der Waals surface area (Å²) in [5, 5.41) is 10.1. The van der Waals surface area contributed by atoms with E-state index in [0.717, 1.165) is 12.1 Å². The van der Waals surface area contributed by atoms with E-state index in [0.29, 0.717) is 21.9 Å². The summed E-state index contributed by atoms with van der Waals surface area (Å²) in [5.74, 6) is -1.45. The Morgan fingerprint density at radius 3 is 2.38 bits per heavy atom. The van der Waals surface area contributed by atoms with E-state index in [4.69, 9.17) is 32.9 Å². The van der Waals surface area contributed by atoms with Gasteiger partial charge in [0.05, 0.1) is 28.5 Å². The van der Waals surface area contributed by atoms with Crippen LogP contribution in [0.2, 0.25) is 10.0 Å². The number of benzene rings is 3. The van der Waals surface area contributed by atoms with E-state index in [2.05, 4.69) is 15.6 Å². The minimum atomic E-state index is -4.95. The SMILES string of the molecule is CC(C)(C)O/N=C\CNC(=O)c1ccc(C2=NOC(c3cc(Cl)c(F)c(Cl)c3)(C(F)(F)F)C2)c2ccccc12. The molecule has 0 aromatic heterocycles. The van der Waals surface area contributed by atoms with Crippen LogP contribution in [0.5, 0.6) is 0 Å². The van der Waals surface area contributed by atoms with Crippen LogP contribution < -0.4 is 5.32 Å². The zero-order valence-electron chi connectivity index (χ0n) is 21.0. The number of fused-ring (bicyclic) bond motifs is 1. The standard InChI is InChI=1S/C27H23Cl2F4N3O3/c1-25(2,3)38-35-11-10-34-24(37)19-9-8-18(16-6-4-5-7-17(16)19)22-14-26(39-36-22,27(31,32)33)15-12-20(28)23(30)21(29)13-15/h4-9,11-13H,10,14H2,1-3H3,(H,34,37)/b35-11-. The first-order valence-corrected chi connectivity index (χ1v) is 12.5. The number of carbonyl (C=O) groups is 1. The Bertz CT molecular complexity index is 1460. The quantitative estimate of drug-likeness (QED) is 0.142. The average molecular weight is 584 g/mol. The first-order valence-electron chi connectivity index (χ1n) is 11.7. The molecule has 1 atom stereocenters. The Morgan fingerprint density at radius 2 is 1.77 bits per heavy atom.